The van der Waals surface area contributed by atoms with Crippen molar-refractivity contribution >= 4 is 12.2 Å². The average molecular weight is 319 g/mol. The molecule has 0 fully saturated rings. The van der Waals surface area contributed by atoms with Gasteiger partial charge in [-0.2, -0.15) is 5.26 Å². The number of rotatable bonds is 4. The van der Waals surface area contributed by atoms with E-state index in [1.807, 2.05) is 6.07 Å². The molecule has 23 heavy (non-hydrogen) atoms. The molecule has 0 saturated carbocycles. The normalized spacial score (nSPS) is 11.3. The first-order valence-corrected chi connectivity index (χ1v) is 6.53. The van der Waals surface area contributed by atoms with Crippen LogP contribution in [0.3, 0.4) is 0 Å². The molecular formula is C17H12F3NO2. The number of nitriles is 1. The van der Waals surface area contributed by atoms with Crippen molar-refractivity contribution in [2.45, 2.75) is 6.36 Å². The van der Waals surface area contributed by atoms with Crippen molar-refractivity contribution in [1.82, 2.24) is 0 Å². The maximum Gasteiger partial charge on any atom is 0.573 e. The lowest BCUT2D eigenvalue weighted by molar-refractivity contribution is -0.274. The quantitative estimate of drug-likeness (QED) is 0.771. The zero-order valence-electron chi connectivity index (χ0n) is 12.1. The van der Waals surface area contributed by atoms with Crippen LogP contribution in [0, 0.1) is 11.3 Å². The van der Waals surface area contributed by atoms with Crippen LogP contribution in [0.15, 0.2) is 42.5 Å². The lowest BCUT2D eigenvalue weighted by atomic mass is 10.1. The molecular weight excluding hydrogens is 307 g/mol. The fourth-order valence-corrected chi connectivity index (χ4v) is 1.90. The molecule has 0 aliphatic heterocycles. The average Bonchev–Trinajstić information content (AvgIpc) is 2.52. The molecule has 0 spiro atoms. The molecule has 118 valence electrons. The van der Waals surface area contributed by atoms with Gasteiger partial charge >= 0.3 is 6.36 Å². The van der Waals surface area contributed by atoms with E-state index in [1.165, 1.54) is 31.4 Å². The SMILES string of the molecule is COc1ccc(C#N)cc1C=Cc1ccc(OC(F)(F)F)cc1. The Morgan fingerprint density at radius 1 is 1.04 bits per heavy atom. The van der Waals surface area contributed by atoms with Crippen LogP contribution in [0.1, 0.15) is 16.7 Å². The Balaban J connectivity index is 2.19. The molecule has 3 nitrogen and oxygen atoms in total. The molecule has 0 aliphatic rings. The first-order chi connectivity index (χ1) is 10.9. The molecule has 0 bridgehead atoms. The third-order valence-corrected chi connectivity index (χ3v) is 2.93. The van der Waals surface area contributed by atoms with Crippen LogP contribution in [0.5, 0.6) is 11.5 Å². The molecule has 0 unspecified atom stereocenters. The Bertz CT molecular complexity index is 744. The summed E-state index contributed by atoms with van der Waals surface area (Å²) in [7, 11) is 1.52. The lowest BCUT2D eigenvalue weighted by Gasteiger charge is -2.08. The Kier molecular flexibility index (Phi) is 4.91. The summed E-state index contributed by atoms with van der Waals surface area (Å²) in [6.45, 7) is 0. The van der Waals surface area contributed by atoms with Gasteiger partial charge in [-0.05, 0) is 35.9 Å². The fourth-order valence-electron chi connectivity index (χ4n) is 1.90. The van der Waals surface area contributed by atoms with Crippen LogP contribution >= 0.6 is 0 Å². The minimum atomic E-state index is -4.71. The number of methoxy groups -OCH3 is 1. The van der Waals surface area contributed by atoms with Gasteiger partial charge in [-0.3, -0.25) is 0 Å². The van der Waals surface area contributed by atoms with Crippen LogP contribution in [0.2, 0.25) is 0 Å². The van der Waals surface area contributed by atoms with Gasteiger partial charge in [-0.1, -0.05) is 24.3 Å². The number of hydrogen-bond donors (Lipinski definition) is 0. The van der Waals surface area contributed by atoms with Crippen molar-refractivity contribution in [2.75, 3.05) is 7.11 Å². The van der Waals surface area contributed by atoms with E-state index >= 15 is 0 Å². The molecule has 0 saturated heterocycles. The number of halogens is 3. The van der Waals surface area contributed by atoms with Crippen molar-refractivity contribution < 1.29 is 22.6 Å². The molecule has 0 aromatic heterocycles. The van der Waals surface area contributed by atoms with Gasteiger partial charge in [-0.15, -0.1) is 13.2 Å². The molecule has 2 aromatic carbocycles. The zero-order valence-corrected chi connectivity index (χ0v) is 12.1. The van der Waals surface area contributed by atoms with Crippen LogP contribution in [-0.2, 0) is 0 Å². The highest BCUT2D eigenvalue weighted by Gasteiger charge is 2.30. The maximum atomic E-state index is 12.1. The Morgan fingerprint density at radius 2 is 1.74 bits per heavy atom. The van der Waals surface area contributed by atoms with Gasteiger partial charge < -0.3 is 9.47 Å². The molecule has 0 aliphatic carbocycles. The van der Waals surface area contributed by atoms with Crippen molar-refractivity contribution in [3.63, 3.8) is 0 Å². The summed E-state index contributed by atoms with van der Waals surface area (Å²) in [6.07, 6.45) is -1.28. The summed E-state index contributed by atoms with van der Waals surface area (Å²) in [4.78, 5) is 0. The molecule has 0 amide bonds. The van der Waals surface area contributed by atoms with E-state index in [0.717, 1.165) is 0 Å². The van der Waals surface area contributed by atoms with Gasteiger partial charge in [0.2, 0.25) is 0 Å². The van der Waals surface area contributed by atoms with E-state index in [2.05, 4.69) is 4.74 Å². The van der Waals surface area contributed by atoms with E-state index < -0.39 is 6.36 Å². The minimum Gasteiger partial charge on any atom is -0.496 e. The smallest absolute Gasteiger partial charge is 0.496 e. The predicted molar refractivity (Wildman–Crippen MR) is 79.8 cm³/mol. The Labute approximate surface area is 131 Å². The second kappa shape index (κ2) is 6.88. The zero-order chi connectivity index (χ0) is 16.9. The number of benzene rings is 2. The number of ether oxygens (including phenoxy) is 2. The fraction of sp³-hybridized carbons (Fsp3) is 0.118. The van der Waals surface area contributed by atoms with Gasteiger partial charge in [0, 0.05) is 5.56 Å². The van der Waals surface area contributed by atoms with E-state index in [0.29, 0.717) is 22.4 Å². The topological polar surface area (TPSA) is 42.2 Å². The summed E-state index contributed by atoms with van der Waals surface area (Å²) in [5.41, 5.74) is 1.87. The molecule has 0 heterocycles. The maximum absolute atomic E-state index is 12.1. The number of hydrogen-bond acceptors (Lipinski definition) is 3. The Hall–Kier alpha value is -2.94. The van der Waals surface area contributed by atoms with Gasteiger partial charge in [-0.25, -0.2) is 0 Å². The summed E-state index contributed by atoms with van der Waals surface area (Å²) in [5.74, 6) is 0.316. The van der Waals surface area contributed by atoms with Gasteiger partial charge in [0.1, 0.15) is 11.5 Å². The van der Waals surface area contributed by atoms with E-state index in [-0.39, 0.29) is 5.75 Å². The molecule has 0 N–H and O–H groups in total. The van der Waals surface area contributed by atoms with Crippen LogP contribution in [-0.4, -0.2) is 13.5 Å². The molecule has 6 heteroatoms. The third kappa shape index (κ3) is 4.78. The van der Waals surface area contributed by atoms with Gasteiger partial charge in [0.15, 0.2) is 0 Å². The third-order valence-electron chi connectivity index (χ3n) is 2.93. The largest absolute Gasteiger partial charge is 0.573 e. The van der Waals surface area contributed by atoms with E-state index in [1.54, 1.807) is 30.4 Å². The molecule has 0 atom stereocenters. The Morgan fingerprint density at radius 3 is 2.30 bits per heavy atom. The standard InChI is InChI=1S/C17H12F3NO2/c1-22-16-9-5-13(11-21)10-14(16)6-2-12-3-7-15(8-4-12)23-17(18,19)20/h2-10H,1H3. The van der Waals surface area contributed by atoms with Crippen molar-refractivity contribution in [3.05, 3.63) is 59.2 Å². The van der Waals surface area contributed by atoms with Gasteiger partial charge in [0.05, 0.1) is 18.7 Å². The highest BCUT2D eigenvalue weighted by molar-refractivity contribution is 5.73. The summed E-state index contributed by atoms with van der Waals surface area (Å²) < 4.78 is 45.3. The van der Waals surface area contributed by atoms with Crippen molar-refractivity contribution in [1.29, 1.82) is 5.26 Å². The van der Waals surface area contributed by atoms with E-state index in [9.17, 15) is 13.2 Å². The molecule has 2 rings (SSSR count). The highest BCUT2D eigenvalue weighted by Crippen LogP contribution is 2.25. The van der Waals surface area contributed by atoms with Crippen molar-refractivity contribution in [2.24, 2.45) is 0 Å². The number of alkyl halides is 3. The van der Waals surface area contributed by atoms with Crippen molar-refractivity contribution in [3.8, 4) is 17.6 Å². The van der Waals surface area contributed by atoms with Gasteiger partial charge in [0.25, 0.3) is 0 Å². The minimum absolute atomic E-state index is 0.279. The lowest BCUT2D eigenvalue weighted by Crippen LogP contribution is -2.16. The highest BCUT2D eigenvalue weighted by atomic mass is 19.4. The number of nitrogens with zero attached hydrogens (tertiary/aromatic N) is 1. The molecule has 2 aromatic rings. The van der Waals surface area contributed by atoms with Crippen LogP contribution in [0.25, 0.3) is 12.2 Å². The monoisotopic (exact) mass is 319 g/mol. The second-order valence-corrected chi connectivity index (χ2v) is 4.52. The summed E-state index contributed by atoms with van der Waals surface area (Å²) >= 11 is 0. The first-order valence-electron chi connectivity index (χ1n) is 6.53. The summed E-state index contributed by atoms with van der Waals surface area (Å²) in [5, 5.41) is 8.91. The summed E-state index contributed by atoms with van der Waals surface area (Å²) in [6, 6.07) is 12.5. The second-order valence-electron chi connectivity index (χ2n) is 4.52. The van der Waals surface area contributed by atoms with Crippen LogP contribution < -0.4 is 9.47 Å². The van der Waals surface area contributed by atoms with Crippen LogP contribution in [0.4, 0.5) is 13.2 Å². The van der Waals surface area contributed by atoms with E-state index in [4.69, 9.17) is 10.00 Å². The first kappa shape index (κ1) is 16.4. The molecule has 0 radical (unpaired) electrons. The predicted octanol–water partition coefficient (Wildman–Crippen LogP) is 4.64.